The molecule has 1 amide bonds. The molecule has 3 N–H and O–H groups in total. The Bertz CT molecular complexity index is 467. The van der Waals surface area contributed by atoms with Crippen molar-refractivity contribution in [2.45, 2.75) is 44.8 Å². The third-order valence-electron chi connectivity index (χ3n) is 4.04. The highest BCUT2D eigenvalue weighted by atomic mass is 19.1. The minimum absolute atomic E-state index is 0.0238. The van der Waals surface area contributed by atoms with Crippen LogP contribution in [0.15, 0.2) is 24.3 Å². The van der Waals surface area contributed by atoms with Crippen LogP contribution in [0.1, 0.15) is 38.3 Å². The van der Waals surface area contributed by atoms with Crippen LogP contribution in [-0.2, 0) is 4.79 Å². The van der Waals surface area contributed by atoms with E-state index in [4.69, 9.17) is 5.73 Å². The predicted molar refractivity (Wildman–Crippen MR) is 81.2 cm³/mol. The Balaban J connectivity index is 2.04. The number of amides is 1. The minimum atomic E-state index is -0.230. The van der Waals surface area contributed by atoms with Gasteiger partial charge in [0.25, 0.3) is 0 Å². The van der Waals surface area contributed by atoms with E-state index in [0.717, 1.165) is 31.5 Å². The summed E-state index contributed by atoms with van der Waals surface area (Å²) in [7, 11) is 0. The van der Waals surface area contributed by atoms with Crippen molar-refractivity contribution in [1.29, 1.82) is 0 Å². The zero-order valence-corrected chi connectivity index (χ0v) is 12.7. The number of nitrogens with one attached hydrogen (secondary N) is 1. The van der Waals surface area contributed by atoms with E-state index in [1.54, 1.807) is 6.92 Å². The summed E-state index contributed by atoms with van der Waals surface area (Å²) in [5.74, 6) is -0.206. The molecule has 2 atom stereocenters. The largest absolute Gasteiger partial charge is 0.354 e. The molecule has 116 valence electrons. The van der Waals surface area contributed by atoms with Crippen LogP contribution >= 0.6 is 0 Å². The number of carbonyl (C=O) groups excluding carboxylic acids is 1. The zero-order chi connectivity index (χ0) is 15.4. The molecule has 0 spiro atoms. The van der Waals surface area contributed by atoms with Crippen molar-refractivity contribution in [2.75, 3.05) is 13.1 Å². The van der Waals surface area contributed by atoms with E-state index < -0.39 is 0 Å². The highest BCUT2D eigenvalue weighted by Gasteiger charge is 2.28. The molecule has 1 fully saturated rings. The summed E-state index contributed by atoms with van der Waals surface area (Å²) in [6.07, 6.45) is 1.84. The Morgan fingerprint density at radius 1 is 1.33 bits per heavy atom. The molecule has 2 unspecified atom stereocenters. The molecule has 0 bridgehead atoms. The van der Waals surface area contributed by atoms with E-state index in [1.807, 2.05) is 19.1 Å². The molecule has 2 rings (SSSR count). The molecular weight excluding hydrogens is 269 g/mol. The summed E-state index contributed by atoms with van der Waals surface area (Å²) in [5, 5.41) is 2.97. The van der Waals surface area contributed by atoms with Crippen LogP contribution in [0.2, 0.25) is 0 Å². The van der Waals surface area contributed by atoms with Crippen LogP contribution in [0.4, 0.5) is 4.39 Å². The maximum atomic E-state index is 13.1. The number of hydrogen-bond acceptors (Lipinski definition) is 3. The van der Waals surface area contributed by atoms with Crippen molar-refractivity contribution in [2.24, 2.45) is 5.73 Å². The molecule has 0 saturated carbocycles. The number of piperidine rings is 1. The van der Waals surface area contributed by atoms with Gasteiger partial charge in [0.1, 0.15) is 5.82 Å². The van der Waals surface area contributed by atoms with Crippen molar-refractivity contribution < 1.29 is 9.18 Å². The normalized spacial score (nSPS) is 20.0. The Labute approximate surface area is 125 Å². The lowest BCUT2D eigenvalue weighted by Crippen LogP contribution is -2.48. The lowest BCUT2D eigenvalue weighted by molar-refractivity contribution is -0.120. The molecule has 0 aliphatic carbocycles. The Kier molecular flexibility index (Phi) is 5.31. The van der Waals surface area contributed by atoms with Gasteiger partial charge < -0.3 is 11.1 Å². The van der Waals surface area contributed by atoms with Crippen molar-refractivity contribution in [3.63, 3.8) is 0 Å². The van der Waals surface area contributed by atoms with Gasteiger partial charge in [-0.25, -0.2) is 4.39 Å². The molecule has 1 aromatic carbocycles. The molecule has 1 saturated heterocycles. The third kappa shape index (κ3) is 4.25. The van der Waals surface area contributed by atoms with E-state index >= 15 is 0 Å². The molecule has 0 radical (unpaired) electrons. The quantitative estimate of drug-likeness (QED) is 0.890. The van der Waals surface area contributed by atoms with Gasteiger partial charge >= 0.3 is 0 Å². The Morgan fingerprint density at radius 3 is 2.38 bits per heavy atom. The van der Waals surface area contributed by atoms with Gasteiger partial charge in [0.05, 0.1) is 0 Å². The average molecular weight is 293 g/mol. The van der Waals surface area contributed by atoms with E-state index in [2.05, 4.69) is 10.2 Å². The maximum absolute atomic E-state index is 13.1. The summed E-state index contributed by atoms with van der Waals surface area (Å²) >= 11 is 0. The second-order valence-corrected chi connectivity index (χ2v) is 5.87. The topological polar surface area (TPSA) is 58.4 Å². The molecular formula is C16H24FN3O. The summed E-state index contributed by atoms with van der Waals surface area (Å²) in [4.78, 5) is 13.4. The summed E-state index contributed by atoms with van der Waals surface area (Å²) in [6, 6.07) is 6.88. The van der Waals surface area contributed by atoms with Crippen molar-refractivity contribution >= 4 is 5.91 Å². The fraction of sp³-hybridized carbons (Fsp3) is 0.562. The van der Waals surface area contributed by atoms with Gasteiger partial charge in [0, 0.05) is 38.1 Å². The highest BCUT2D eigenvalue weighted by molar-refractivity contribution is 5.73. The number of rotatable bonds is 4. The lowest BCUT2D eigenvalue weighted by atomic mass is 9.95. The van der Waals surface area contributed by atoms with Crippen LogP contribution in [0.3, 0.4) is 0 Å². The molecule has 21 heavy (non-hydrogen) atoms. The number of likely N-dealkylation sites (tertiary alicyclic amines) is 1. The van der Waals surface area contributed by atoms with Gasteiger partial charge in [-0.15, -0.1) is 0 Å². The number of hydrogen-bond donors (Lipinski definition) is 2. The first-order chi connectivity index (χ1) is 9.97. The van der Waals surface area contributed by atoms with Gasteiger partial charge in [-0.05, 0) is 37.5 Å². The van der Waals surface area contributed by atoms with Gasteiger partial charge in [-0.3, -0.25) is 9.69 Å². The molecule has 5 heteroatoms. The second-order valence-electron chi connectivity index (χ2n) is 5.87. The number of nitrogens with two attached hydrogens (primary N) is 1. The zero-order valence-electron chi connectivity index (χ0n) is 12.7. The number of carbonyl (C=O) groups is 1. The van der Waals surface area contributed by atoms with E-state index in [1.165, 1.54) is 12.1 Å². The molecule has 1 aromatic rings. The summed E-state index contributed by atoms with van der Waals surface area (Å²) < 4.78 is 13.1. The summed E-state index contributed by atoms with van der Waals surface area (Å²) in [6.45, 7) is 5.30. The van der Waals surface area contributed by atoms with Crippen LogP contribution in [0.5, 0.6) is 0 Å². The smallest absolute Gasteiger partial charge is 0.217 e. The SMILES string of the molecule is CC(=O)NC1CCN(C(c2ccc(F)cc2)C(C)N)CC1. The predicted octanol–water partition coefficient (Wildman–Crippen LogP) is 1.81. The van der Waals surface area contributed by atoms with Crippen molar-refractivity contribution in [3.8, 4) is 0 Å². The third-order valence-corrected chi connectivity index (χ3v) is 4.04. The highest BCUT2D eigenvalue weighted by Crippen LogP contribution is 2.27. The molecule has 0 aromatic heterocycles. The molecule has 1 aliphatic rings. The van der Waals surface area contributed by atoms with E-state index in [9.17, 15) is 9.18 Å². The lowest BCUT2D eigenvalue weighted by Gasteiger charge is -2.39. The number of halogens is 1. The van der Waals surface area contributed by atoms with Gasteiger partial charge in [-0.1, -0.05) is 12.1 Å². The van der Waals surface area contributed by atoms with Gasteiger partial charge in [0.2, 0.25) is 5.91 Å². The van der Waals surface area contributed by atoms with Crippen LogP contribution in [-0.4, -0.2) is 36.0 Å². The first kappa shape index (κ1) is 15.9. The van der Waals surface area contributed by atoms with E-state index in [0.29, 0.717) is 0 Å². The Morgan fingerprint density at radius 2 is 1.90 bits per heavy atom. The molecule has 1 heterocycles. The standard InChI is InChI=1S/C16H24FN3O/c1-11(18)16(13-3-5-14(17)6-4-13)20-9-7-15(8-10-20)19-12(2)21/h3-6,11,15-16H,7-10,18H2,1-2H3,(H,19,21). The first-order valence-electron chi connectivity index (χ1n) is 7.49. The van der Waals surface area contributed by atoms with Crippen LogP contribution in [0, 0.1) is 5.82 Å². The van der Waals surface area contributed by atoms with Gasteiger partial charge in [0.15, 0.2) is 0 Å². The van der Waals surface area contributed by atoms with E-state index in [-0.39, 0.29) is 29.8 Å². The van der Waals surface area contributed by atoms with Gasteiger partial charge in [-0.2, -0.15) is 0 Å². The van der Waals surface area contributed by atoms with Crippen LogP contribution < -0.4 is 11.1 Å². The average Bonchev–Trinajstić information content (AvgIpc) is 2.42. The fourth-order valence-corrected chi connectivity index (χ4v) is 3.12. The number of nitrogens with zero attached hydrogens (tertiary/aromatic N) is 1. The number of benzene rings is 1. The van der Waals surface area contributed by atoms with Crippen LogP contribution in [0.25, 0.3) is 0 Å². The van der Waals surface area contributed by atoms with Crippen molar-refractivity contribution in [3.05, 3.63) is 35.6 Å². The first-order valence-corrected chi connectivity index (χ1v) is 7.49. The second kappa shape index (κ2) is 7.00. The maximum Gasteiger partial charge on any atom is 0.217 e. The summed E-state index contributed by atoms with van der Waals surface area (Å²) in [5.41, 5.74) is 7.19. The molecule has 4 nitrogen and oxygen atoms in total. The van der Waals surface area contributed by atoms with Crippen molar-refractivity contribution in [1.82, 2.24) is 10.2 Å². The minimum Gasteiger partial charge on any atom is -0.354 e. The fourth-order valence-electron chi connectivity index (χ4n) is 3.12. The monoisotopic (exact) mass is 293 g/mol. The molecule has 1 aliphatic heterocycles. The Hall–Kier alpha value is -1.46.